The fourth-order valence-corrected chi connectivity index (χ4v) is 4.28. The van der Waals surface area contributed by atoms with Crippen molar-refractivity contribution in [3.8, 4) is 0 Å². The minimum atomic E-state index is 0.178. The number of piperazine rings is 1. The summed E-state index contributed by atoms with van der Waals surface area (Å²) in [6.07, 6.45) is 5.04. The van der Waals surface area contributed by atoms with Crippen molar-refractivity contribution in [1.82, 2.24) is 24.6 Å². The van der Waals surface area contributed by atoms with E-state index in [1.165, 1.54) is 42.8 Å². The lowest BCUT2D eigenvalue weighted by molar-refractivity contribution is -0.130. The molecule has 3 aliphatic rings. The van der Waals surface area contributed by atoms with Crippen LogP contribution in [-0.2, 0) is 17.9 Å². The number of aromatic nitrogens is 3. The summed E-state index contributed by atoms with van der Waals surface area (Å²) in [6, 6.07) is 9.15. The van der Waals surface area contributed by atoms with E-state index in [4.69, 9.17) is 0 Å². The first-order chi connectivity index (χ1) is 14.2. The van der Waals surface area contributed by atoms with E-state index in [0.717, 1.165) is 38.5 Å². The van der Waals surface area contributed by atoms with Crippen LogP contribution in [-0.4, -0.2) is 56.7 Å². The van der Waals surface area contributed by atoms with Crippen molar-refractivity contribution < 1.29 is 4.79 Å². The van der Waals surface area contributed by atoms with Crippen LogP contribution in [0.5, 0.6) is 0 Å². The molecule has 2 heterocycles. The first-order valence-electron chi connectivity index (χ1n) is 10.9. The summed E-state index contributed by atoms with van der Waals surface area (Å²) in [7, 11) is 0. The zero-order valence-corrected chi connectivity index (χ0v) is 17.2. The molecule has 1 N–H and O–H groups in total. The Kier molecular flexibility index (Phi) is 4.99. The van der Waals surface area contributed by atoms with Gasteiger partial charge in [-0.25, -0.2) is 0 Å². The summed E-state index contributed by atoms with van der Waals surface area (Å²) in [5.41, 5.74) is 2.46. The molecule has 1 aromatic carbocycles. The molecule has 1 saturated heterocycles. The molecule has 0 bridgehead atoms. The monoisotopic (exact) mass is 394 g/mol. The molecular weight excluding hydrogens is 364 g/mol. The Bertz CT molecular complexity index is 877. The first-order valence-corrected chi connectivity index (χ1v) is 10.9. The molecule has 29 heavy (non-hydrogen) atoms. The van der Waals surface area contributed by atoms with E-state index in [1.807, 2.05) is 4.90 Å². The summed E-state index contributed by atoms with van der Waals surface area (Å²) < 4.78 is 2.41. The maximum Gasteiger partial charge on any atom is 0.219 e. The summed E-state index contributed by atoms with van der Waals surface area (Å²) in [5.74, 6) is 3.09. The van der Waals surface area contributed by atoms with Crippen LogP contribution < -0.4 is 5.32 Å². The number of hydrogen-bond donors (Lipinski definition) is 1. The average Bonchev–Trinajstić information content (AvgIpc) is 3.66. The lowest BCUT2D eigenvalue weighted by Crippen LogP contribution is -2.47. The molecule has 154 valence electrons. The number of carbonyl (C=O) groups is 1. The maximum absolute atomic E-state index is 11.5. The molecule has 2 saturated carbocycles. The van der Waals surface area contributed by atoms with E-state index in [2.05, 4.69) is 49.2 Å². The first kappa shape index (κ1) is 18.6. The predicted molar refractivity (Wildman–Crippen MR) is 112 cm³/mol. The molecule has 0 radical (unpaired) electrons. The van der Waals surface area contributed by atoms with Crippen molar-refractivity contribution >= 4 is 11.6 Å². The third-order valence-corrected chi connectivity index (χ3v) is 6.31. The van der Waals surface area contributed by atoms with E-state index in [-0.39, 0.29) is 5.91 Å². The van der Waals surface area contributed by atoms with Crippen LogP contribution in [0.15, 0.2) is 24.3 Å². The molecule has 5 rings (SSSR count). The standard InChI is InChI=1S/C22H30N6O/c1-16(29)27-12-10-26(11-13-27)15-18-4-2-3-5-20(18)23-14-21-24-25-22(17-6-7-17)28(21)19-8-9-19/h2-5,17,19,23H,6-15H2,1H3. The van der Waals surface area contributed by atoms with Crippen molar-refractivity contribution in [2.24, 2.45) is 0 Å². The Morgan fingerprint density at radius 3 is 2.52 bits per heavy atom. The second-order valence-electron chi connectivity index (χ2n) is 8.64. The van der Waals surface area contributed by atoms with E-state index >= 15 is 0 Å². The van der Waals surface area contributed by atoms with E-state index in [0.29, 0.717) is 18.5 Å². The average molecular weight is 395 g/mol. The number of nitrogens with zero attached hydrogens (tertiary/aromatic N) is 5. The van der Waals surface area contributed by atoms with Crippen molar-refractivity contribution in [3.05, 3.63) is 41.5 Å². The quantitative estimate of drug-likeness (QED) is 0.782. The molecule has 0 atom stereocenters. The summed E-state index contributed by atoms with van der Waals surface area (Å²) in [4.78, 5) is 15.9. The van der Waals surface area contributed by atoms with Gasteiger partial charge in [-0.3, -0.25) is 9.69 Å². The van der Waals surface area contributed by atoms with Crippen LogP contribution in [0.25, 0.3) is 0 Å². The number of hydrogen-bond acceptors (Lipinski definition) is 5. The van der Waals surface area contributed by atoms with Gasteiger partial charge in [0.25, 0.3) is 0 Å². The highest BCUT2D eigenvalue weighted by Crippen LogP contribution is 2.44. The molecule has 3 fully saturated rings. The van der Waals surface area contributed by atoms with Gasteiger partial charge in [0.2, 0.25) is 5.91 Å². The largest absolute Gasteiger partial charge is 0.377 e. The zero-order valence-electron chi connectivity index (χ0n) is 17.2. The number of para-hydroxylation sites is 1. The minimum absolute atomic E-state index is 0.178. The van der Waals surface area contributed by atoms with Gasteiger partial charge in [0, 0.05) is 57.3 Å². The van der Waals surface area contributed by atoms with Gasteiger partial charge in [-0.1, -0.05) is 18.2 Å². The van der Waals surface area contributed by atoms with Gasteiger partial charge in [0.15, 0.2) is 5.82 Å². The van der Waals surface area contributed by atoms with Crippen molar-refractivity contribution in [3.63, 3.8) is 0 Å². The Morgan fingerprint density at radius 1 is 1.07 bits per heavy atom. The smallest absolute Gasteiger partial charge is 0.219 e. The lowest BCUT2D eigenvalue weighted by atomic mass is 10.1. The topological polar surface area (TPSA) is 66.3 Å². The molecule has 0 unspecified atom stereocenters. The normalized spacial score (nSPS) is 20.1. The fourth-order valence-electron chi connectivity index (χ4n) is 4.28. The van der Waals surface area contributed by atoms with Gasteiger partial charge in [-0.2, -0.15) is 0 Å². The number of anilines is 1. The number of nitrogens with one attached hydrogen (secondary N) is 1. The minimum Gasteiger partial charge on any atom is -0.377 e. The van der Waals surface area contributed by atoms with Crippen LogP contribution in [0.4, 0.5) is 5.69 Å². The predicted octanol–water partition coefficient (Wildman–Crippen LogP) is 2.77. The van der Waals surface area contributed by atoms with E-state index in [9.17, 15) is 4.79 Å². The number of amides is 1. The molecule has 7 heteroatoms. The van der Waals surface area contributed by atoms with Crippen molar-refractivity contribution in [2.45, 2.75) is 57.7 Å². The van der Waals surface area contributed by atoms with Crippen LogP contribution in [0.1, 0.15) is 61.8 Å². The molecule has 1 amide bonds. The molecule has 1 aromatic heterocycles. The van der Waals surface area contributed by atoms with Crippen LogP contribution in [0.2, 0.25) is 0 Å². The second kappa shape index (κ2) is 7.78. The molecule has 2 aliphatic carbocycles. The van der Waals surface area contributed by atoms with Gasteiger partial charge in [0.1, 0.15) is 5.82 Å². The van der Waals surface area contributed by atoms with E-state index < -0.39 is 0 Å². The van der Waals surface area contributed by atoms with Gasteiger partial charge >= 0.3 is 0 Å². The summed E-state index contributed by atoms with van der Waals surface area (Å²) in [6.45, 7) is 6.76. The Morgan fingerprint density at radius 2 is 1.83 bits per heavy atom. The van der Waals surface area contributed by atoms with Gasteiger partial charge < -0.3 is 14.8 Å². The van der Waals surface area contributed by atoms with Gasteiger partial charge in [-0.15, -0.1) is 10.2 Å². The Hall–Kier alpha value is -2.41. The molecule has 7 nitrogen and oxygen atoms in total. The molecular formula is C22H30N6O. The summed E-state index contributed by atoms with van der Waals surface area (Å²) in [5, 5.41) is 12.7. The van der Waals surface area contributed by atoms with E-state index in [1.54, 1.807) is 6.92 Å². The highest BCUT2D eigenvalue weighted by Gasteiger charge is 2.36. The number of benzene rings is 1. The second-order valence-corrected chi connectivity index (χ2v) is 8.64. The van der Waals surface area contributed by atoms with Crippen molar-refractivity contribution in [2.75, 3.05) is 31.5 Å². The Balaban J connectivity index is 1.24. The van der Waals surface area contributed by atoms with Crippen molar-refractivity contribution in [1.29, 1.82) is 0 Å². The van der Waals surface area contributed by atoms with Crippen LogP contribution in [0, 0.1) is 0 Å². The molecule has 2 aromatic rings. The number of carbonyl (C=O) groups excluding carboxylic acids is 1. The highest BCUT2D eigenvalue weighted by molar-refractivity contribution is 5.73. The summed E-state index contributed by atoms with van der Waals surface area (Å²) >= 11 is 0. The highest BCUT2D eigenvalue weighted by atomic mass is 16.2. The Labute approximate surface area is 172 Å². The van der Waals surface area contributed by atoms with Gasteiger partial charge in [0.05, 0.1) is 6.54 Å². The maximum atomic E-state index is 11.5. The molecule has 0 spiro atoms. The fraction of sp³-hybridized carbons (Fsp3) is 0.591. The van der Waals surface area contributed by atoms with Gasteiger partial charge in [-0.05, 0) is 37.3 Å². The third-order valence-electron chi connectivity index (χ3n) is 6.31. The van der Waals surface area contributed by atoms with Crippen LogP contribution in [0.3, 0.4) is 0 Å². The SMILES string of the molecule is CC(=O)N1CCN(Cc2ccccc2NCc2nnc(C3CC3)n2C2CC2)CC1. The van der Waals surface area contributed by atoms with Crippen LogP contribution >= 0.6 is 0 Å². The zero-order chi connectivity index (χ0) is 19.8. The third kappa shape index (κ3) is 4.15. The molecule has 1 aliphatic heterocycles. The number of rotatable bonds is 7. The lowest BCUT2D eigenvalue weighted by Gasteiger charge is -2.34.